The zero-order valence-electron chi connectivity index (χ0n) is 9.96. The lowest BCUT2D eigenvalue weighted by Gasteiger charge is -2.28. The fourth-order valence-electron chi connectivity index (χ4n) is 2.35. The van der Waals surface area contributed by atoms with Crippen molar-refractivity contribution in [2.75, 3.05) is 6.54 Å². The average Bonchev–Trinajstić information content (AvgIpc) is 2.18. The van der Waals surface area contributed by atoms with Crippen LogP contribution in [0.15, 0.2) is 0 Å². The van der Waals surface area contributed by atoms with Crippen molar-refractivity contribution in [2.24, 2.45) is 17.6 Å². The Morgan fingerprint density at radius 2 is 1.93 bits per heavy atom. The van der Waals surface area contributed by atoms with Gasteiger partial charge in [-0.2, -0.15) is 0 Å². The lowest BCUT2D eigenvalue weighted by atomic mass is 9.80. The Kier molecular flexibility index (Phi) is 5.09. The highest BCUT2D eigenvalue weighted by atomic mass is 16.1. The van der Waals surface area contributed by atoms with E-state index in [9.17, 15) is 4.79 Å². The first-order chi connectivity index (χ1) is 7.13. The number of rotatable bonds is 4. The fraction of sp³-hybridized carbons (Fsp3) is 0.917. The third-order valence-corrected chi connectivity index (χ3v) is 3.22. The normalized spacial score (nSPS) is 26.7. The van der Waals surface area contributed by atoms with Crippen LogP contribution in [0.25, 0.3) is 0 Å². The number of hydrogen-bond acceptors (Lipinski definition) is 2. The van der Waals surface area contributed by atoms with Crippen LogP contribution in [0, 0.1) is 11.8 Å². The SMILES string of the molecule is CC(C)NC(=O)C1CCC(CCN)CC1. The van der Waals surface area contributed by atoms with Crippen molar-refractivity contribution in [3.63, 3.8) is 0 Å². The Morgan fingerprint density at radius 3 is 2.40 bits per heavy atom. The molecule has 0 aliphatic heterocycles. The van der Waals surface area contributed by atoms with Gasteiger partial charge in [0, 0.05) is 12.0 Å². The van der Waals surface area contributed by atoms with Gasteiger partial charge in [0.1, 0.15) is 0 Å². The third-order valence-electron chi connectivity index (χ3n) is 3.22. The molecule has 1 rings (SSSR count). The van der Waals surface area contributed by atoms with E-state index in [1.807, 2.05) is 13.8 Å². The molecule has 0 aromatic heterocycles. The molecule has 0 bridgehead atoms. The van der Waals surface area contributed by atoms with Gasteiger partial charge in [-0.3, -0.25) is 4.79 Å². The van der Waals surface area contributed by atoms with Gasteiger partial charge in [-0.25, -0.2) is 0 Å². The molecule has 88 valence electrons. The highest BCUT2D eigenvalue weighted by Crippen LogP contribution is 2.30. The summed E-state index contributed by atoms with van der Waals surface area (Å²) in [5, 5.41) is 3.00. The van der Waals surface area contributed by atoms with Gasteiger partial charge in [-0.15, -0.1) is 0 Å². The minimum Gasteiger partial charge on any atom is -0.354 e. The van der Waals surface area contributed by atoms with Gasteiger partial charge in [0.25, 0.3) is 0 Å². The van der Waals surface area contributed by atoms with Crippen molar-refractivity contribution in [3.05, 3.63) is 0 Å². The molecule has 0 heterocycles. The van der Waals surface area contributed by atoms with Crippen molar-refractivity contribution < 1.29 is 4.79 Å². The average molecular weight is 212 g/mol. The Bertz CT molecular complexity index is 196. The molecule has 3 N–H and O–H groups in total. The lowest BCUT2D eigenvalue weighted by molar-refractivity contribution is -0.126. The molecule has 0 unspecified atom stereocenters. The predicted molar refractivity (Wildman–Crippen MR) is 62.4 cm³/mol. The van der Waals surface area contributed by atoms with Crippen molar-refractivity contribution in [1.82, 2.24) is 5.32 Å². The van der Waals surface area contributed by atoms with Gasteiger partial charge in [0.15, 0.2) is 0 Å². The molecule has 3 nitrogen and oxygen atoms in total. The minimum atomic E-state index is 0.246. The molecule has 0 radical (unpaired) electrons. The Balaban J connectivity index is 2.27. The van der Waals surface area contributed by atoms with Crippen molar-refractivity contribution >= 4 is 5.91 Å². The number of nitrogens with two attached hydrogens (primary N) is 1. The second-order valence-corrected chi connectivity index (χ2v) is 4.96. The zero-order chi connectivity index (χ0) is 11.3. The molecule has 1 saturated carbocycles. The van der Waals surface area contributed by atoms with Crippen molar-refractivity contribution in [2.45, 2.75) is 52.0 Å². The van der Waals surface area contributed by atoms with E-state index in [2.05, 4.69) is 5.32 Å². The largest absolute Gasteiger partial charge is 0.354 e. The maximum absolute atomic E-state index is 11.7. The van der Waals surface area contributed by atoms with Gasteiger partial charge in [-0.1, -0.05) is 0 Å². The number of nitrogens with one attached hydrogen (secondary N) is 1. The zero-order valence-corrected chi connectivity index (χ0v) is 9.96. The van der Waals surface area contributed by atoms with Crippen molar-refractivity contribution in [1.29, 1.82) is 0 Å². The van der Waals surface area contributed by atoms with E-state index < -0.39 is 0 Å². The van der Waals surface area contributed by atoms with Crippen LogP contribution < -0.4 is 11.1 Å². The second-order valence-electron chi connectivity index (χ2n) is 4.96. The van der Waals surface area contributed by atoms with Gasteiger partial charge < -0.3 is 11.1 Å². The third kappa shape index (κ3) is 4.20. The number of hydrogen-bond donors (Lipinski definition) is 2. The molecule has 1 amide bonds. The van der Waals surface area contributed by atoms with Gasteiger partial charge in [0.05, 0.1) is 0 Å². The molecule has 1 fully saturated rings. The topological polar surface area (TPSA) is 55.1 Å². The fourth-order valence-corrected chi connectivity index (χ4v) is 2.35. The summed E-state index contributed by atoms with van der Waals surface area (Å²) in [5.41, 5.74) is 5.54. The van der Waals surface area contributed by atoms with E-state index >= 15 is 0 Å². The molecule has 1 aliphatic rings. The first kappa shape index (κ1) is 12.5. The van der Waals surface area contributed by atoms with E-state index in [-0.39, 0.29) is 17.9 Å². The van der Waals surface area contributed by atoms with Crippen LogP contribution in [0.4, 0.5) is 0 Å². The molecule has 1 aliphatic carbocycles. The van der Waals surface area contributed by atoms with Gasteiger partial charge >= 0.3 is 0 Å². The standard InChI is InChI=1S/C12H24N2O/c1-9(2)14-12(15)11-5-3-10(4-6-11)7-8-13/h9-11H,3-8,13H2,1-2H3,(H,14,15). The van der Waals surface area contributed by atoms with E-state index in [4.69, 9.17) is 5.73 Å². The second kappa shape index (κ2) is 6.11. The van der Waals surface area contributed by atoms with Crippen molar-refractivity contribution in [3.8, 4) is 0 Å². The van der Waals surface area contributed by atoms with E-state index in [1.165, 1.54) is 12.8 Å². The summed E-state index contributed by atoms with van der Waals surface area (Å²) >= 11 is 0. The van der Waals surface area contributed by atoms with E-state index in [0.29, 0.717) is 0 Å². The molecular formula is C12H24N2O. The van der Waals surface area contributed by atoms with Crippen LogP contribution in [0.5, 0.6) is 0 Å². The summed E-state index contributed by atoms with van der Waals surface area (Å²) in [5.74, 6) is 1.26. The maximum atomic E-state index is 11.7. The van der Waals surface area contributed by atoms with Crippen LogP contribution in [0.1, 0.15) is 46.0 Å². The molecule has 0 aromatic rings. The quantitative estimate of drug-likeness (QED) is 0.744. The smallest absolute Gasteiger partial charge is 0.223 e. The highest BCUT2D eigenvalue weighted by molar-refractivity contribution is 5.78. The molecule has 0 saturated heterocycles. The Labute approximate surface area is 92.8 Å². The predicted octanol–water partition coefficient (Wildman–Crippen LogP) is 1.67. The number of carbonyl (C=O) groups excluding carboxylic acids is 1. The Hall–Kier alpha value is -0.570. The molecular weight excluding hydrogens is 188 g/mol. The van der Waals surface area contributed by atoms with Crippen LogP contribution >= 0.6 is 0 Å². The minimum absolute atomic E-state index is 0.246. The summed E-state index contributed by atoms with van der Waals surface area (Å²) < 4.78 is 0. The number of amides is 1. The van der Waals surface area contributed by atoms with Crippen LogP contribution in [0.3, 0.4) is 0 Å². The summed E-state index contributed by atoms with van der Waals surface area (Å²) in [6, 6.07) is 0.263. The Morgan fingerprint density at radius 1 is 1.33 bits per heavy atom. The first-order valence-corrected chi connectivity index (χ1v) is 6.14. The molecule has 0 atom stereocenters. The molecule has 3 heteroatoms. The molecule has 15 heavy (non-hydrogen) atoms. The van der Waals surface area contributed by atoms with Crippen LogP contribution in [-0.4, -0.2) is 18.5 Å². The first-order valence-electron chi connectivity index (χ1n) is 6.14. The van der Waals surface area contributed by atoms with E-state index in [1.54, 1.807) is 0 Å². The van der Waals surface area contributed by atoms with Gasteiger partial charge in [-0.05, 0) is 58.4 Å². The summed E-state index contributed by atoms with van der Waals surface area (Å²) in [7, 11) is 0. The maximum Gasteiger partial charge on any atom is 0.223 e. The highest BCUT2D eigenvalue weighted by Gasteiger charge is 2.25. The lowest BCUT2D eigenvalue weighted by Crippen LogP contribution is -2.37. The molecule has 0 spiro atoms. The summed E-state index contributed by atoms with van der Waals surface area (Å²) in [4.78, 5) is 11.7. The van der Waals surface area contributed by atoms with Gasteiger partial charge in [0.2, 0.25) is 5.91 Å². The monoisotopic (exact) mass is 212 g/mol. The van der Waals surface area contributed by atoms with Crippen LogP contribution in [0.2, 0.25) is 0 Å². The summed E-state index contributed by atoms with van der Waals surface area (Å²) in [6.45, 7) is 4.81. The van der Waals surface area contributed by atoms with E-state index in [0.717, 1.165) is 31.7 Å². The summed E-state index contributed by atoms with van der Waals surface area (Å²) in [6.07, 6.45) is 5.56. The molecule has 0 aromatic carbocycles. The van der Waals surface area contributed by atoms with Crippen LogP contribution in [-0.2, 0) is 4.79 Å². The number of carbonyl (C=O) groups is 1.